The monoisotopic (exact) mass is 378 g/mol. The minimum absolute atomic E-state index is 0.0434. The molecule has 0 fully saturated rings. The molecule has 2 rings (SSSR count). The predicted molar refractivity (Wildman–Crippen MR) is 83.9 cm³/mol. The zero-order valence-electron chi connectivity index (χ0n) is 12.2. The van der Waals surface area contributed by atoms with Crippen LogP contribution in [-0.4, -0.2) is 11.3 Å². The van der Waals surface area contributed by atoms with E-state index in [-0.39, 0.29) is 16.5 Å². The first-order valence-electron chi connectivity index (χ1n) is 6.67. The van der Waals surface area contributed by atoms with Gasteiger partial charge in [-0.1, -0.05) is 11.6 Å². The maximum absolute atomic E-state index is 13.0. The molecule has 0 aliphatic carbocycles. The Bertz CT molecular complexity index is 730. The minimum atomic E-state index is -4.60. The summed E-state index contributed by atoms with van der Waals surface area (Å²) in [7, 11) is 0. The van der Waals surface area contributed by atoms with Crippen LogP contribution in [0.15, 0.2) is 42.5 Å². The van der Waals surface area contributed by atoms with Gasteiger partial charge in [0.25, 0.3) is 5.24 Å². The molecule has 2 aromatic carbocycles. The summed E-state index contributed by atoms with van der Waals surface area (Å²) >= 11 is 10.9. The molecule has 0 saturated carbocycles. The SMILES string of the molecule is CC(Oc1ccc(Oc2ccc(Cl)cc2C(F)(F)F)cc1)C(=O)Cl. The molecule has 2 aromatic rings. The van der Waals surface area contributed by atoms with Gasteiger partial charge in [0.15, 0.2) is 6.10 Å². The average molecular weight is 379 g/mol. The Morgan fingerprint density at radius 3 is 2.21 bits per heavy atom. The van der Waals surface area contributed by atoms with Crippen LogP contribution in [0.25, 0.3) is 0 Å². The second-order valence-electron chi connectivity index (χ2n) is 4.78. The highest BCUT2D eigenvalue weighted by atomic mass is 35.5. The molecule has 0 aliphatic rings. The number of rotatable bonds is 5. The van der Waals surface area contributed by atoms with Crippen molar-refractivity contribution in [1.82, 2.24) is 0 Å². The van der Waals surface area contributed by atoms with E-state index in [1.807, 2.05) is 0 Å². The van der Waals surface area contributed by atoms with Gasteiger partial charge < -0.3 is 9.47 Å². The van der Waals surface area contributed by atoms with Gasteiger partial charge in [-0.05, 0) is 61.0 Å². The fraction of sp³-hybridized carbons (Fsp3) is 0.188. The van der Waals surface area contributed by atoms with Crippen LogP contribution < -0.4 is 9.47 Å². The molecule has 0 N–H and O–H groups in total. The summed E-state index contributed by atoms with van der Waals surface area (Å²) in [5.74, 6) is 0.126. The summed E-state index contributed by atoms with van der Waals surface area (Å²) in [6, 6.07) is 8.97. The number of hydrogen-bond donors (Lipinski definition) is 0. The van der Waals surface area contributed by atoms with Crippen molar-refractivity contribution in [3.8, 4) is 17.2 Å². The van der Waals surface area contributed by atoms with Crippen LogP contribution in [0.2, 0.25) is 5.02 Å². The van der Waals surface area contributed by atoms with Crippen molar-refractivity contribution in [2.45, 2.75) is 19.2 Å². The Balaban J connectivity index is 2.19. The highest BCUT2D eigenvalue weighted by molar-refractivity contribution is 6.64. The Labute approximate surface area is 145 Å². The number of carbonyl (C=O) groups excluding carboxylic acids is 1. The Hall–Kier alpha value is -1.92. The fourth-order valence-electron chi connectivity index (χ4n) is 1.78. The molecular formula is C16H11Cl2F3O3. The van der Waals surface area contributed by atoms with Crippen LogP contribution in [0.5, 0.6) is 17.2 Å². The molecule has 0 amide bonds. The fourth-order valence-corrected chi connectivity index (χ4v) is 1.99. The number of ether oxygens (including phenoxy) is 2. The highest BCUT2D eigenvalue weighted by Crippen LogP contribution is 2.39. The van der Waals surface area contributed by atoms with E-state index < -0.39 is 23.1 Å². The Kier molecular flexibility index (Phi) is 5.62. The van der Waals surface area contributed by atoms with Crippen molar-refractivity contribution in [2.75, 3.05) is 0 Å². The van der Waals surface area contributed by atoms with Crippen molar-refractivity contribution >= 4 is 28.4 Å². The van der Waals surface area contributed by atoms with Gasteiger partial charge in [0, 0.05) is 5.02 Å². The summed E-state index contributed by atoms with van der Waals surface area (Å²) in [5, 5.41) is -0.704. The van der Waals surface area contributed by atoms with Crippen LogP contribution in [0.1, 0.15) is 12.5 Å². The first-order chi connectivity index (χ1) is 11.2. The maximum Gasteiger partial charge on any atom is 0.420 e. The van der Waals surface area contributed by atoms with Gasteiger partial charge in [0.1, 0.15) is 17.2 Å². The lowest BCUT2D eigenvalue weighted by Gasteiger charge is -2.15. The summed E-state index contributed by atoms with van der Waals surface area (Å²) in [6.07, 6.45) is -5.44. The maximum atomic E-state index is 13.0. The number of benzene rings is 2. The molecule has 1 atom stereocenters. The van der Waals surface area contributed by atoms with Crippen molar-refractivity contribution in [1.29, 1.82) is 0 Å². The van der Waals surface area contributed by atoms with Crippen LogP contribution in [-0.2, 0) is 11.0 Å². The third-order valence-electron chi connectivity index (χ3n) is 2.93. The first kappa shape index (κ1) is 18.4. The van der Waals surface area contributed by atoms with Crippen molar-refractivity contribution in [2.24, 2.45) is 0 Å². The van der Waals surface area contributed by atoms with E-state index in [1.165, 1.54) is 37.3 Å². The lowest BCUT2D eigenvalue weighted by atomic mass is 10.2. The first-order valence-corrected chi connectivity index (χ1v) is 7.43. The topological polar surface area (TPSA) is 35.5 Å². The summed E-state index contributed by atoms with van der Waals surface area (Å²) in [5.41, 5.74) is -0.975. The van der Waals surface area contributed by atoms with E-state index in [0.29, 0.717) is 5.75 Å². The molecule has 0 saturated heterocycles. The molecule has 0 aliphatic heterocycles. The molecule has 1 unspecified atom stereocenters. The molecule has 0 radical (unpaired) electrons. The third-order valence-corrected chi connectivity index (χ3v) is 3.47. The zero-order chi connectivity index (χ0) is 17.9. The molecule has 0 aromatic heterocycles. The largest absolute Gasteiger partial charge is 0.482 e. The highest BCUT2D eigenvalue weighted by Gasteiger charge is 2.34. The molecular weight excluding hydrogens is 368 g/mol. The normalized spacial score (nSPS) is 12.6. The van der Waals surface area contributed by atoms with Crippen molar-refractivity contribution in [3.05, 3.63) is 53.1 Å². The van der Waals surface area contributed by atoms with Gasteiger partial charge >= 0.3 is 6.18 Å². The quantitative estimate of drug-likeness (QED) is 0.627. The van der Waals surface area contributed by atoms with Crippen LogP contribution in [0, 0.1) is 0 Å². The molecule has 128 valence electrons. The predicted octanol–water partition coefficient (Wildman–Crippen LogP) is 5.68. The van der Waals surface area contributed by atoms with E-state index in [0.717, 1.165) is 12.1 Å². The average Bonchev–Trinajstić information content (AvgIpc) is 2.49. The summed E-state index contributed by atoms with van der Waals surface area (Å²) in [6.45, 7) is 1.48. The van der Waals surface area contributed by atoms with E-state index in [1.54, 1.807) is 0 Å². The smallest absolute Gasteiger partial charge is 0.420 e. The Morgan fingerprint density at radius 1 is 1.08 bits per heavy atom. The van der Waals surface area contributed by atoms with Crippen molar-refractivity contribution < 1.29 is 27.4 Å². The van der Waals surface area contributed by atoms with E-state index >= 15 is 0 Å². The van der Waals surface area contributed by atoms with Gasteiger partial charge in [-0.15, -0.1) is 0 Å². The van der Waals surface area contributed by atoms with Gasteiger partial charge in [-0.2, -0.15) is 13.2 Å². The second-order valence-corrected chi connectivity index (χ2v) is 5.58. The van der Waals surface area contributed by atoms with Crippen LogP contribution in [0.4, 0.5) is 13.2 Å². The Morgan fingerprint density at radius 2 is 1.67 bits per heavy atom. The van der Waals surface area contributed by atoms with Crippen LogP contribution >= 0.6 is 23.2 Å². The third kappa shape index (κ3) is 4.79. The molecule has 0 spiro atoms. The molecule has 0 heterocycles. The molecule has 8 heteroatoms. The molecule has 3 nitrogen and oxygen atoms in total. The summed E-state index contributed by atoms with van der Waals surface area (Å²) < 4.78 is 49.5. The lowest BCUT2D eigenvalue weighted by molar-refractivity contribution is -0.138. The van der Waals surface area contributed by atoms with Crippen LogP contribution in [0.3, 0.4) is 0 Å². The van der Waals surface area contributed by atoms with Gasteiger partial charge in [0.2, 0.25) is 0 Å². The zero-order valence-corrected chi connectivity index (χ0v) is 13.7. The van der Waals surface area contributed by atoms with Gasteiger partial charge in [-0.3, -0.25) is 4.79 Å². The summed E-state index contributed by atoms with van der Waals surface area (Å²) in [4.78, 5) is 10.9. The molecule has 24 heavy (non-hydrogen) atoms. The van der Waals surface area contributed by atoms with Crippen molar-refractivity contribution in [3.63, 3.8) is 0 Å². The van der Waals surface area contributed by atoms with E-state index in [2.05, 4.69) is 0 Å². The number of carbonyl (C=O) groups is 1. The lowest BCUT2D eigenvalue weighted by Crippen LogP contribution is -2.18. The van der Waals surface area contributed by atoms with E-state index in [4.69, 9.17) is 32.7 Å². The van der Waals surface area contributed by atoms with Gasteiger partial charge in [-0.25, -0.2) is 0 Å². The standard InChI is InChI=1S/C16H11Cl2F3O3/c1-9(15(18)22)23-11-3-5-12(6-4-11)24-14-7-2-10(17)8-13(14)16(19,20)21/h2-9H,1H3. The minimum Gasteiger partial charge on any atom is -0.482 e. The number of alkyl halides is 3. The van der Waals surface area contributed by atoms with Gasteiger partial charge in [0.05, 0.1) is 5.56 Å². The number of hydrogen-bond acceptors (Lipinski definition) is 3. The second kappa shape index (κ2) is 7.32. The van der Waals surface area contributed by atoms with E-state index in [9.17, 15) is 18.0 Å². The molecule has 0 bridgehead atoms. The number of halogens is 5.